The molecule has 1 saturated carbocycles. The lowest BCUT2D eigenvalue weighted by atomic mass is 9.91. The molecule has 0 amide bonds. The van der Waals surface area contributed by atoms with E-state index in [1.165, 1.54) is 6.07 Å². The minimum absolute atomic E-state index is 0.160. The van der Waals surface area contributed by atoms with Gasteiger partial charge in [-0.1, -0.05) is 0 Å². The van der Waals surface area contributed by atoms with Gasteiger partial charge in [0.05, 0.1) is 18.1 Å². The van der Waals surface area contributed by atoms with Crippen LogP contribution >= 0.6 is 0 Å². The van der Waals surface area contributed by atoms with Crippen molar-refractivity contribution in [3.63, 3.8) is 0 Å². The van der Waals surface area contributed by atoms with Crippen molar-refractivity contribution in [2.24, 2.45) is 0 Å². The number of hydrogen-bond donors (Lipinski definition) is 2. The fraction of sp³-hybridized carbons (Fsp3) is 0.500. The molecule has 100 valence electrons. The highest BCUT2D eigenvalue weighted by Gasteiger charge is 2.31. The standard InChI is InChI=1S/C12H17NO4S/c1-8-5-11(3-4-12(8)17-2)18(15,16)13-9-6-10(14)7-9/h3-5,9-10,13-14H,6-7H2,1-2H3. The van der Waals surface area contributed by atoms with Crippen molar-refractivity contribution in [3.8, 4) is 5.75 Å². The first-order chi connectivity index (χ1) is 8.42. The zero-order valence-corrected chi connectivity index (χ0v) is 11.2. The summed E-state index contributed by atoms with van der Waals surface area (Å²) in [5, 5.41) is 9.15. The molecule has 0 saturated heterocycles. The quantitative estimate of drug-likeness (QED) is 0.849. The van der Waals surface area contributed by atoms with Crippen LogP contribution in [0.15, 0.2) is 23.1 Å². The summed E-state index contributed by atoms with van der Waals surface area (Å²) in [6, 6.07) is 4.58. The molecule has 1 aliphatic rings. The van der Waals surface area contributed by atoms with Crippen LogP contribution < -0.4 is 9.46 Å². The Morgan fingerprint density at radius 2 is 2.06 bits per heavy atom. The molecule has 0 spiro atoms. The third-order valence-corrected chi connectivity index (χ3v) is 4.63. The van der Waals surface area contributed by atoms with Crippen molar-refractivity contribution < 1.29 is 18.3 Å². The van der Waals surface area contributed by atoms with Crippen LogP contribution in [0.25, 0.3) is 0 Å². The smallest absolute Gasteiger partial charge is 0.240 e. The Labute approximate surface area is 107 Å². The molecule has 18 heavy (non-hydrogen) atoms. The molecular weight excluding hydrogens is 254 g/mol. The Morgan fingerprint density at radius 1 is 1.39 bits per heavy atom. The van der Waals surface area contributed by atoms with E-state index >= 15 is 0 Å². The summed E-state index contributed by atoms with van der Waals surface area (Å²) in [5.41, 5.74) is 0.772. The molecule has 1 aromatic rings. The average molecular weight is 271 g/mol. The maximum atomic E-state index is 12.1. The average Bonchev–Trinajstić information content (AvgIpc) is 2.26. The van der Waals surface area contributed by atoms with Crippen LogP contribution in [0.5, 0.6) is 5.75 Å². The van der Waals surface area contributed by atoms with Crippen molar-refractivity contribution in [3.05, 3.63) is 23.8 Å². The number of ether oxygens (including phenoxy) is 1. The Hall–Kier alpha value is -1.11. The molecule has 6 heteroatoms. The summed E-state index contributed by atoms with van der Waals surface area (Å²) >= 11 is 0. The van der Waals surface area contributed by atoms with Crippen molar-refractivity contribution in [2.75, 3.05) is 7.11 Å². The molecule has 2 rings (SSSR count). The molecule has 5 nitrogen and oxygen atoms in total. The van der Waals surface area contributed by atoms with E-state index in [1.54, 1.807) is 26.2 Å². The predicted molar refractivity (Wildman–Crippen MR) is 67.1 cm³/mol. The predicted octanol–water partition coefficient (Wildman–Crippen LogP) is 0.805. The normalized spacial score (nSPS) is 23.5. The molecular formula is C12H17NO4S. The second-order valence-corrected chi connectivity index (χ2v) is 6.29. The third-order valence-electron chi connectivity index (χ3n) is 3.11. The topological polar surface area (TPSA) is 75.6 Å². The molecule has 0 unspecified atom stereocenters. The van der Waals surface area contributed by atoms with E-state index in [9.17, 15) is 8.42 Å². The van der Waals surface area contributed by atoms with Crippen LogP contribution in [-0.2, 0) is 10.0 Å². The zero-order chi connectivity index (χ0) is 13.3. The molecule has 2 N–H and O–H groups in total. The molecule has 0 aromatic heterocycles. The number of aliphatic hydroxyl groups excluding tert-OH is 1. The lowest BCUT2D eigenvalue weighted by Crippen LogP contribution is -2.46. The van der Waals surface area contributed by atoms with E-state index in [0.717, 1.165) is 5.56 Å². The van der Waals surface area contributed by atoms with Gasteiger partial charge in [0, 0.05) is 6.04 Å². The third kappa shape index (κ3) is 2.66. The summed E-state index contributed by atoms with van der Waals surface area (Å²) in [6.45, 7) is 1.80. The van der Waals surface area contributed by atoms with Crippen LogP contribution in [0.2, 0.25) is 0 Å². The molecule has 0 radical (unpaired) electrons. The summed E-state index contributed by atoms with van der Waals surface area (Å²) in [6.07, 6.45) is 0.582. The Balaban J connectivity index is 2.16. The molecule has 0 aliphatic heterocycles. The second-order valence-electron chi connectivity index (χ2n) is 4.57. The van der Waals surface area contributed by atoms with Gasteiger partial charge in [-0.25, -0.2) is 13.1 Å². The van der Waals surface area contributed by atoms with Gasteiger partial charge in [0.1, 0.15) is 5.75 Å². The van der Waals surface area contributed by atoms with E-state index in [0.29, 0.717) is 18.6 Å². The molecule has 1 aliphatic carbocycles. The van der Waals surface area contributed by atoms with E-state index in [-0.39, 0.29) is 17.0 Å². The maximum Gasteiger partial charge on any atom is 0.240 e. The number of hydrogen-bond acceptors (Lipinski definition) is 4. The first kappa shape index (κ1) is 13.3. The van der Waals surface area contributed by atoms with Crippen LogP contribution in [0, 0.1) is 6.92 Å². The summed E-state index contributed by atoms with van der Waals surface area (Å²) in [4.78, 5) is 0.224. The number of aryl methyl sites for hydroxylation is 1. The van der Waals surface area contributed by atoms with Gasteiger partial charge < -0.3 is 9.84 Å². The largest absolute Gasteiger partial charge is 0.496 e. The molecule has 0 atom stereocenters. The van der Waals surface area contributed by atoms with E-state index in [4.69, 9.17) is 9.84 Å². The second kappa shape index (κ2) is 4.87. The summed E-state index contributed by atoms with van der Waals surface area (Å²) in [5.74, 6) is 0.660. The Kier molecular flexibility index (Phi) is 3.61. The minimum atomic E-state index is -3.51. The highest BCUT2D eigenvalue weighted by atomic mass is 32.2. The lowest BCUT2D eigenvalue weighted by molar-refractivity contribution is 0.0712. The number of rotatable bonds is 4. The van der Waals surface area contributed by atoms with Crippen LogP contribution in [-0.4, -0.2) is 32.8 Å². The number of methoxy groups -OCH3 is 1. The molecule has 1 fully saturated rings. The van der Waals surface area contributed by atoms with Gasteiger partial charge in [-0.15, -0.1) is 0 Å². The van der Waals surface area contributed by atoms with Crippen LogP contribution in [0.4, 0.5) is 0 Å². The number of nitrogens with one attached hydrogen (secondary N) is 1. The van der Waals surface area contributed by atoms with Gasteiger partial charge in [0.15, 0.2) is 0 Å². The van der Waals surface area contributed by atoms with E-state index in [2.05, 4.69) is 4.72 Å². The van der Waals surface area contributed by atoms with Gasteiger partial charge in [0.2, 0.25) is 10.0 Å². The van der Waals surface area contributed by atoms with Gasteiger partial charge in [-0.2, -0.15) is 0 Å². The van der Waals surface area contributed by atoms with E-state index in [1.807, 2.05) is 0 Å². The van der Waals surface area contributed by atoms with Gasteiger partial charge in [-0.05, 0) is 43.5 Å². The van der Waals surface area contributed by atoms with Gasteiger partial charge in [-0.3, -0.25) is 0 Å². The molecule has 1 aromatic carbocycles. The number of sulfonamides is 1. The molecule has 0 bridgehead atoms. The maximum absolute atomic E-state index is 12.1. The fourth-order valence-corrected chi connectivity index (χ4v) is 3.34. The van der Waals surface area contributed by atoms with Crippen molar-refractivity contribution in [2.45, 2.75) is 36.8 Å². The van der Waals surface area contributed by atoms with Gasteiger partial charge >= 0.3 is 0 Å². The van der Waals surface area contributed by atoms with E-state index < -0.39 is 10.0 Å². The first-order valence-corrected chi connectivity index (χ1v) is 7.26. The monoisotopic (exact) mass is 271 g/mol. The zero-order valence-electron chi connectivity index (χ0n) is 10.4. The van der Waals surface area contributed by atoms with Crippen molar-refractivity contribution in [1.29, 1.82) is 0 Å². The number of aliphatic hydroxyl groups is 1. The molecule has 0 heterocycles. The van der Waals surface area contributed by atoms with Crippen LogP contribution in [0.1, 0.15) is 18.4 Å². The fourth-order valence-electron chi connectivity index (χ4n) is 1.99. The highest BCUT2D eigenvalue weighted by Crippen LogP contribution is 2.24. The Bertz CT molecular complexity index is 535. The highest BCUT2D eigenvalue weighted by molar-refractivity contribution is 7.89. The van der Waals surface area contributed by atoms with Crippen molar-refractivity contribution >= 4 is 10.0 Å². The Morgan fingerprint density at radius 3 is 2.56 bits per heavy atom. The first-order valence-electron chi connectivity index (χ1n) is 5.77. The summed E-state index contributed by atoms with van der Waals surface area (Å²) in [7, 11) is -1.96. The minimum Gasteiger partial charge on any atom is -0.496 e. The number of benzene rings is 1. The van der Waals surface area contributed by atoms with Crippen LogP contribution in [0.3, 0.4) is 0 Å². The van der Waals surface area contributed by atoms with Crippen molar-refractivity contribution in [1.82, 2.24) is 4.72 Å². The summed E-state index contributed by atoms with van der Waals surface area (Å²) < 4.78 is 31.8. The lowest BCUT2D eigenvalue weighted by Gasteiger charge is -2.31. The van der Waals surface area contributed by atoms with Gasteiger partial charge in [0.25, 0.3) is 0 Å². The SMILES string of the molecule is COc1ccc(S(=O)(=O)NC2CC(O)C2)cc1C.